The van der Waals surface area contributed by atoms with E-state index in [0.717, 1.165) is 25.0 Å². The van der Waals surface area contributed by atoms with Crippen molar-refractivity contribution in [2.24, 2.45) is 5.92 Å². The maximum absolute atomic E-state index is 12.8. The molecule has 0 spiro atoms. The van der Waals surface area contributed by atoms with Crippen molar-refractivity contribution in [2.75, 3.05) is 24.6 Å². The summed E-state index contributed by atoms with van der Waals surface area (Å²) in [7, 11) is 0. The second kappa shape index (κ2) is 7.07. The van der Waals surface area contributed by atoms with Gasteiger partial charge in [-0.1, -0.05) is 6.07 Å². The van der Waals surface area contributed by atoms with Gasteiger partial charge in [0.05, 0.1) is 12.2 Å². The van der Waals surface area contributed by atoms with E-state index in [1.807, 2.05) is 23.1 Å². The van der Waals surface area contributed by atoms with Gasteiger partial charge in [-0.05, 0) is 37.0 Å². The number of nitrogens with zero attached hydrogens (tertiary/aromatic N) is 3. The Bertz CT molecular complexity index is 656. The third-order valence-corrected chi connectivity index (χ3v) is 4.12. The van der Waals surface area contributed by atoms with Crippen molar-refractivity contribution in [1.82, 2.24) is 9.97 Å². The number of anilines is 1. The van der Waals surface area contributed by atoms with Gasteiger partial charge in [-0.3, -0.25) is 0 Å². The van der Waals surface area contributed by atoms with Crippen LogP contribution in [-0.4, -0.2) is 29.7 Å². The standard InChI is InChI=1S/C17H18F3N3O/c18-17(19,20)14-4-8-21-15(11-14)23-9-5-13(6-10-23)12-24-16-3-1-2-7-22-16/h1-4,7-8,11,13H,5-6,9-10,12H2. The summed E-state index contributed by atoms with van der Waals surface area (Å²) in [5.74, 6) is 1.35. The van der Waals surface area contributed by atoms with Crippen molar-refractivity contribution >= 4 is 5.82 Å². The molecule has 2 aromatic rings. The summed E-state index contributed by atoms with van der Waals surface area (Å²) in [6, 6.07) is 7.61. The molecule has 1 fully saturated rings. The van der Waals surface area contributed by atoms with Crippen LogP contribution in [0.3, 0.4) is 0 Å². The van der Waals surface area contributed by atoms with E-state index in [9.17, 15) is 13.2 Å². The highest BCUT2D eigenvalue weighted by molar-refractivity contribution is 5.42. The highest BCUT2D eigenvalue weighted by Crippen LogP contribution is 2.31. The van der Waals surface area contributed by atoms with Crippen LogP contribution in [0.5, 0.6) is 5.88 Å². The molecule has 1 aliphatic rings. The number of pyridine rings is 2. The average Bonchev–Trinajstić information content (AvgIpc) is 2.61. The summed E-state index contributed by atoms with van der Waals surface area (Å²) >= 11 is 0. The summed E-state index contributed by atoms with van der Waals surface area (Å²) < 4.78 is 44.0. The minimum Gasteiger partial charge on any atom is -0.477 e. The molecule has 2 aromatic heterocycles. The Morgan fingerprint density at radius 1 is 1.08 bits per heavy atom. The zero-order chi connectivity index (χ0) is 17.0. The second-order valence-electron chi connectivity index (χ2n) is 5.81. The van der Waals surface area contributed by atoms with Crippen LogP contribution < -0.4 is 9.64 Å². The second-order valence-corrected chi connectivity index (χ2v) is 5.81. The first kappa shape index (κ1) is 16.5. The maximum atomic E-state index is 12.8. The fraction of sp³-hybridized carbons (Fsp3) is 0.412. The zero-order valence-electron chi connectivity index (χ0n) is 13.0. The minimum absolute atomic E-state index is 0.369. The van der Waals surface area contributed by atoms with Crippen molar-refractivity contribution in [3.8, 4) is 5.88 Å². The molecule has 128 valence electrons. The lowest BCUT2D eigenvalue weighted by Gasteiger charge is -2.32. The highest BCUT2D eigenvalue weighted by Gasteiger charge is 2.31. The van der Waals surface area contributed by atoms with Crippen molar-refractivity contribution in [3.05, 3.63) is 48.3 Å². The topological polar surface area (TPSA) is 38.2 Å². The largest absolute Gasteiger partial charge is 0.477 e. The smallest absolute Gasteiger partial charge is 0.416 e. The van der Waals surface area contributed by atoms with E-state index >= 15 is 0 Å². The molecule has 0 unspecified atom stereocenters. The van der Waals surface area contributed by atoms with Crippen LogP contribution in [0.15, 0.2) is 42.7 Å². The molecule has 0 radical (unpaired) electrons. The van der Waals surface area contributed by atoms with Crippen molar-refractivity contribution in [1.29, 1.82) is 0 Å². The fourth-order valence-corrected chi connectivity index (χ4v) is 2.73. The van der Waals surface area contributed by atoms with E-state index in [-0.39, 0.29) is 0 Å². The predicted octanol–water partition coefficient (Wildman–Crippen LogP) is 3.79. The Labute approximate surface area is 138 Å². The molecule has 1 aliphatic heterocycles. The lowest BCUT2D eigenvalue weighted by atomic mass is 9.98. The van der Waals surface area contributed by atoms with Gasteiger partial charge in [0, 0.05) is 31.5 Å². The van der Waals surface area contributed by atoms with Gasteiger partial charge in [-0.2, -0.15) is 13.2 Å². The molecular formula is C17H18F3N3O. The van der Waals surface area contributed by atoms with E-state index in [1.165, 1.54) is 6.20 Å². The minimum atomic E-state index is -4.34. The molecule has 0 amide bonds. The molecule has 0 bridgehead atoms. The quantitative estimate of drug-likeness (QED) is 0.851. The Morgan fingerprint density at radius 2 is 1.88 bits per heavy atom. The van der Waals surface area contributed by atoms with Gasteiger partial charge in [0.25, 0.3) is 0 Å². The molecule has 0 aliphatic carbocycles. The van der Waals surface area contributed by atoms with Crippen LogP contribution in [0.4, 0.5) is 19.0 Å². The molecule has 24 heavy (non-hydrogen) atoms. The number of hydrogen-bond acceptors (Lipinski definition) is 4. The number of alkyl halides is 3. The third-order valence-electron chi connectivity index (χ3n) is 4.12. The predicted molar refractivity (Wildman–Crippen MR) is 83.9 cm³/mol. The first-order valence-electron chi connectivity index (χ1n) is 7.84. The SMILES string of the molecule is FC(F)(F)c1ccnc(N2CCC(COc3ccccn3)CC2)c1. The zero-order valence-corrected chi connectivity index (χ0v) is 13.0. The first-order chi connectivity index (χ1) is 11.5. The van der Waals surface area contributed by atoms with Crippen LogP contribution >= 0.6 is 0 Å². The highest BCUT2D eigenvalue weighted by atomic mass is 19.4. The molecule has 0 atom stereocenters. The van der Waals surface area contributed by atoms with Gasteiger partial charge < -0.3 is 9.64 Å². The Kier molecular flexibility index (Phi) is 4.87. The third kappa shape index (κ3) is 4.15. The van der Waals surface area contributed by atoms with Crippen LogP contribution in [0.25, 0.3) is 0 Å². The molecule has 0 N–H and O–H groups in total. The molecule has 7 heteroatoms. The number of hydrogen-bond donors (Lipinski definition) is 0. The maximum Gasteiger partial charge on any atom is 0.416 e. The number of aromatic nitrogens is 2. The molecule has 4 nitrogen and oxygen atoms in total. The van der Waals surface area contributed by atoms with Crippen LogP contribution in [0.2, 0.25) is 0 Å². The van der Waals surface area contributed by atoms with E-state index in [0.29, 0.717) is 37.3 Å². The average molecular weight is 337 g/mol. The molecule has 3 rings (SSSR count). The van der Waals surface area contributed by atoms with Crippen molar-refractivity contribution in [2.45, 2.75) is 19.0 Å². The molecule has 0 aromatic carbocycles. The van der Waals surface area contributed by atoms with E-state index in [1.54, 1.807) is 6.20 Å². The summed E-state index contributed by atoms with van der Waals surface area (Å²) in [5.41, 5.74) is -0.659. The Balaban J connectivity index is 1.53. The van der Waals surface area contributed by atoms with Gasteiger partial charge in [0.15, 0.2) is 0 Å². The van der Waals surface area contributed by atoms with Gasteiger partial charge in [0.2, 0.25) is 5.88 Å². The molecular weight excluding hydrogens is 319 g/mol. The van der Waals surface area contributed by atoms with E-state index < -0.39 is 11.7 Å². The van der Waals surface area contributed by atoms with Gasteiger partial charge in [-0.15, -0.1) is 0 Å². The number of ether oxygens (including phenoxy) is 1. The Hall–Kier alpha value is -2.31. The van der Waals surface area contributed by atoms with Crippen molar-refractivity contribution in [3.63, 3.8) is 0 Å². The fourth-order valence-electron chi connectivity index (χ4n) is 2.73. The van der Waals surface area contributed by atoms with E-state index in [2.05, 4.69) is 9.97 Å². The molecule has 0 saturated carbocycles. The Morgan fingerprint density at radius 3 is 2.54 bits per heavy atom. The number of rotatable bonds is 4. The molecule has 1 saturated heterocycles. The summed E-state index contributed by atoms with van der Waals surface area (Å²) in [6.07, 6.45) is 0.258. The van der Waals surface area contributed by atoms with Crippen LogP contribution in [0.1, 0.15) is 18.4 Å². The summed E-state index contributed by atoms with van der Waals surface area (Å²) in [5, 5.41) is 0. The summed E-state index contributed by atoms with van der Waals surface area (Å²) in [6.45, 7) is 1.91. The number of piperidine rings is 1. The van der Waals surface area contributed by atoms with Crippen LogP contribution in [0, 0.1) is 5.92 Å². The number of halogens is 3. The van der Waals surface area contributed by atoms with Crippen molar-refractivity contribution < 1.29 is 17.9 Å². The monoisotopic (exact) mass is 337 g/mol. The molecule has 3 heterocycles. The van der Waals surface area contributed by atoms with Gasteiger partial charge in [-0.25, -0.2) is 9.97 Å². The van der Waals surface area contributed by atoms with E-state index in [4.69, 9.17) is 4.74 Å². The first-order valence-corrected chi connectivity index (χ1v) is 7.84. The van der Waals surface area contributed by atoms with Gasteiger partial charge in [0.1, 0.15) is 5.82 Å². The summed E-state index contributed by atoms with van der Waals surface area (Å²) in [4.78, 5) is 10.1. The van der Waals surface area contributed by atoms with Crippen LogP contribution in [-0.2, 0) is 6.18 Å². The van der Waals surface area contributed by atoms with Gasteiger partial charge >= 0.3 is 6.18 Å². The lowest BCUT2D eigenvalue weighted by Crippen LogP contribution is -2.36. The normalized spacial score (nSPS) is 16.2. The lowest BCUT2D eigenvalue weighted by molar-refractivity contribution is -0.137.